The Morgan fingerprint density at radius 3 is 2.67 bits per heavy atom. The Morgan fingerprint density at radius 1 is 1.33 bits per heavy atom. The van der Waals surface area contributed by atoms with Gasteiger partial charge in [-0.25, -0.2) is 0 Å². The molecule has 0 heterocycles. The fourth-order valence-electron chi connectivity index (χ4n) is 1.44. The second-order valence-corrected chi connectivity index (χ2v) is 5.15. The van der Waals surface area contributed by atoms with Crippen molar-refractivity contribution < 1.29 is 13.5 Å². The Morgan fingerprint density at radius 2 is 2.06 bits per heavy atom. The van der Waals surface area contributed by atoms with E-state index in [4.69, 9.17) is 5.11 Å². The number of hydrogen-bond donors (Lipinski definition) is 3. The molecule has 18 heavy (non-hydrogen) atoms. The van der Waals surface area contributed by atoms with Crippen LogP contribution >= 0.6 is 0 Å². The van der Waals surface area contributed by atoms with E-state index in [1.54, 1.807) is 19.1 Å². The zero-order chi connectivity index (χ0) is 13.6. The summed E-state index contributed by atoms with van der Waals surface area (Å²) in [7, 11) is -3.54. The Balaban J connectivity index is 3.00. The first-order valence-corrected chi connectivity index (χ1v) is 6.94. The fourth-order valence-corrected chi connectivity index (χ4v) is 2.32. The third-order valence-electron chi connectivity index (χ3n) is 1.98. The van der Waals surface area contributed by atoms with Gasteiger partial charge in [-0.2, -0.15) is 13.1 Å². The van der Waals surface area contributed by atoms with E-state index < -0.39 is 10.2 Å². The maximum absolute atomic E-state index is 11.5. The lowest BCUT2D eigenvalue weighted by molar-refractivity contribution is 0.350. The Labute approximate surface area is 107 Å². The number of nitrogens with one attached hydrogen (secondary N) is 2. The molecule has 0 saturated carbocycles. The van der Waals surface area contributed by atoms with Crippen LogP contribution in [0.15, 0.2) is 18.2 Å². The van der Waals surface area contributed by atoms with Gasteiger partial charge in [-0.15, -0.1) is 0 Å². The lowest BCUT2D eigenvalue weighted by Gasteiger charge is -2.09. The molecule has 0 fully saturated rings. The van der Waals surface area contributed by atoms with Crippen LogP contribution in [0.1, 0.15) is 18.1 Å². The van der Waals surface area contributed by atoms with Gasteiger partial charge in [0.15, 0.2) is 0 Å². The molecule has 0 aromatic heterocycles. The topological polar surface area (TPSA) is 78.4 Å². The van der Waals surface area contributed by atoms with Gasteiger partial charge in [-0.05, 0) is 30.7 Å². The van der Waals surface area contributed by atoms with E-state index in [-0.39, 0.29) is 6.61 Å². The van der Waals surface area contributed by atoms with Crippen LogP contribution in [0.4, 0.5) is 5.69 Å². The number of aliphatic hydroxyl groups is 1. The smallest absolute Gasteiger partial charge is 0.299 e. The number of hydrogen-bond acceptors (Lipinski definition) is 3. The maximum atomic E-state index is 11.5. The second kappa shape index (κ2) is 6.40. The molecular weight excluding hydrogens is 252 g/mol. The van der Waals surface area contributed by atoms with Crippen LogP contribution in [-0.2, 0) is 10.2 Å². The van der Waals surface area contributed by atoms with E-state index >= 15 is 0 Å². The molecule has 5 nitrogen and oxygen atoms in total. The van der Waals surface area contributed by atoms with E-state index in [2.05, 4.69) is 21.3 Å². The first-order valence-electron chi connectivity index (χ1n) is 5.45. The van der Waals surface area contributed by atoms with Crippen LogP contribution in [-0.4, -0.2) is 26.7 Å². The maximum Gasteiger partial charge on any atom is 0.299 e. The minimum absolute atomic E-state index is 0.230. The minimum atomic E-state index is -3.54. The van der Waals surface area contributed by atoms with Crippen molar-refractivity contribution in [2.45, 2.75) is 13.8 Å². The summed E-state index contributed by atoms with van der Waals surface area (Å²) in [5, 5.41) is 8.63. The molecule has 0 radical (unpaired) electrons. The molecular formula is C12H16N2O3S. The average Bonchev–Trinajstić information content (AvgIpc) is 2.24. The average molecular weight is 268 g/mol. The van der Waals surface area contributed by atoms with Gasteiger partial charge >= 0.3 is 0 Å². The van der Waals surface area contributed by atoms with Gasteiger partial charge < -0.3 is 5.11 Å². The Kier molecular flexibility index (Phi) is 5.16. The molecule has 0 atom stereocenters. The van der Waals surface area contributed by atoms with Gasteiger partial charge in [0.1, 0.15) is 6.61 Å². The molecule has 6 heteroatoms. The summed E-state index contributed by atoms with van der Waals surface area (Å²) in [4.78, 5) is 0. The summed E-state index contributed by atoms with van der Waals surface area (Å²) in [6.45, 7) is 3.63. The van der Waals surface area contributed by atoms with E-state index in [9.17, 15) is 8.42 Å². The highest BCUT2D eigenvalue weighted by atomic mass is 32.2. The third kappa shape index (κ3) is 4.75. The van der Waals surface area contributed by atoms with Crippen LogP contribution in [0.25, 0.3) is 0 Å². The van der Waals surface area contributed by atoms with Crippen molar-refractivity contribution in [1.82, 2.24) is 4.72 Å². The largest absolute Gasteiger partial charge is 0.384 e. The summed E-state index contributed by atoms with van der Waals surface area (Å²) in [6.07, 6.45) is 0. The van der Waals surface area contributed by atoms with Crippen LogP contribution in [0, 0.1) is 18.8 Å². The lowest BCUT2D eigenvalue weighted by Crippen LogP contribution is -2.29. The molecule has 0 saturated heterocycles. The highest BCUT2D eigenvalue weighted by Crippen LogP contribution is 2.14. The molecule has 0 aliphatic rings. The van der Waals surface area contributed by atoms with Crippen molar-refractivity contribution >= 4 is 15.9 Å². The zero-order valence-corrected chi connectivity index (χ0v) is 11.1. The molecule has 1 aromatic rings. The molecule has 1 rings (SSSR count). The molecule has 0 aliphatic carbocycles. The Bertz CT molecular complexity index is 571. The summed E-state index contributed by atoms with van der Waals surface area (Å²) in [6, 6.07) is 5.14. The number of rotatable bonds is 4. The third-order valence-corrected chi connectivity index (χ3v) is 3.15. The minimum Gasteiger partial charge on any atom is -0.384 e. The summed E-state index contributed by atoms with van der Waals surface area (Å²) < 4.78 is 27.8. The first kappa shape index (κ1) is 14.5. The van der Waals surface area contributed by atoms with Gasteiger partial charge in [-0.3, -0.25) is 4.72 Å². The number of aryl methyl sites for hydroxylation is 1. The van der Waals surface area contributed by atoms with Gasteiger partial charge in [0, 0.05) is 12.1 Å². The predicted octanol–water partition coefficient (Wildman–Crippen LogP) is 0.605. The summed E-state index contributed by atoms with van der Waals surface area (Å²) >= 11 is 0. The summed E-state index contributed by atoms with van der Waals surface area (Å²) in [5.74, 6) is 5.26. The van der Waals surface area contributed by atoms with E-state index in [0.717, 1.165) is 5.56 Å². The van der Waals surface area contributed by atoms with Crippen LogP contribution < -0.4 is 9.44 Å². The SMILES string of the molecule is CCNS(=O)(=O)Nc1cc(C)cc(C#CCO)c1. The van der Waals surface area contributed by atoms with Crippen LogP contribution in [0.2, 0.25) is 0 Å². The number of aliphatic hydroxyl groups excluding tert-OH is 1. The molecule has 0 spiro atoms. The van der Waals surface area contributed by atoms with E-state index in [1.807, 2.05) is 13.0 Å². The first-order chi connectivity index (χ1) is 8.46. The molecule has 1 aromatic carbocycles. The van der Waals surface area contributed by atoms with Crippen molar-refractivity contribution in [2.24, 2.45) is 0 Å². The molecule has 0 bridgehead atoms. The molecule has 0 amide bonds. The van der Waals surface area contributed by atoms with Crippen molar-refractivity contribution in [1.29, 1.82) is 0 Å². The van der Waals surface area contributed by atoms with Gasteiger partial charge in [0.05, 0.1) is 5.69 Å². The highest BCUT2D eigenvalue weighted by Gasteiger charge is 2.08. The normalized spacial score (nSPS) is 10.6. The van der Waals surface area contributed by atoms with Crippen molar-refractivity contribution in [2.75, 3.05) is 17.9 Å². The lowest BCUT2D eigenvalue weighted by atomic mass is 10.1. The quantitative estimate of drug-likeness (QED) is 0.700. The molecule has 0 unspecified atom stereocenters. The molecule has 98 valence electrons. The molecule has 3 N–H and O–H groups in total. The molecule has 0 aliphatic heterocycles. The fraction of sp³-hybridized carbons (Fsp3) is 0.333. The monoisotopic (exact) mass is 268 g/mol. The number of anilines is 1. The standard InChI is InChI=1S/C12H16N2O3S/c1-3-13-18(16,17)14-12-8-10(2)7-11(9-12)5-4-6-15/h7-9,13-15H,3,6H2,1-2H3. The van der Waals surface area contributed by atoms with Gasteiger partial charge in [0.2, 0.25) is 0 Å². The Hall–Kier alpha value is -1.55. The zero-order valence-electron chi connectivity index (χ0n) is 10.3. The number of benzene rings is 1. The van der Waals surface area contributed by atoms with E-state index in [1.165, 1.54) is 0 Å². The van der Waals surface area contributed by atoms with Crippen molar-refractivity contribution in [3.05, 3.63) is 29.3 Å². The second-order valence-electron chi connectivity index (χ2n) is 3.65. The van der Waals surface area contributed by atoms with Crippen LogP contribution in [0.3, 0.4) is 0 Å². The van der Waals surface area contributed by atoms with Crippen molar-refractivity contribution in [3.8, 4) is 11.8 Å². The predicted molar refractivity (Wildman–Crippen MR) is 71.4 cm³/mol. The highest BCUT2D eigenvalue weighted by molar-refractivity contribution is 7.90. The van der Waals surface area contributed by atoms with E-state index in [0.29, 0.717) is 17.8 Å². The van der Waals surface area contributed by atoms with Gasteiger partial charge in [-0.1, -0.05) is 18.8 Å². The van der Waals surface area contributed by atoms with Crippen molar-refractivity contribution in [3.63, 3.8) is 0 Å². The van der Waals surface area contributed by atoms with Gasteiger partial charge in [0.25, 0.3) is 10.2 Å². The van der Waals surface area contributed by atoms with Crippen LogP contribution in [0.5, 0.6) is 0 Å². The summed E-state index contributed by atoms with van der Waals surface area (Å²) in [5.41, 5.74) is 1.98.